The molecule has 3 heteroatoms. The van der Waals surface area contributed by atoms with Crippen LogP contribution in [-0.2, 0) is 0 Å². The lowest BCUT2D eigenvalue weighted by atomic mass is 10.2. The third-order valence-electron chi connectivity index (χ3n) is 2.45. The molecular formula is C13H15NO2. The molecule has 0 fully saturated rings. The van der Waals surface area contributed by atoms with Gasteiger partial charge in [-0.3, -0.25) is 0 Å². The summed E-state index contributed by atoms with van der Waals surface area (Å²) in [6, 6.07) is 11.8. The minimum Gasteiger partial charge on any atom is -0.495 e. The van der Waals surface area contributed by atoms with Gasteiger partial charge in [0.05, 0.1) is 25.1 Å². The fraction of sp³-hybridized carbons (Fsp3) is 0.231. The zero-order valence-electron chi connectivity index (χ0n) is 9.44. The molecule has 1 atom stereocenters. The zero-order valence-corrected chi connectivity index (χ0v) is 9.44. The summed E-state index contributed by atoms with van der Waals surface area (Å²) >= 11 is 0. The van der Waals surface area contributed by atoms with Crippen LogP contribution >= 0.6 is 0 Å². The quantitative estimate of drug-likeness (QED) is 0.851. The maximum atomic E-state index is 5.34. The number of ether oxygens (including phenoxy) is 1. The fourth-order valence-electron chi connectivity index (χ4n) is 1.61. The Morgan fingerprint density at radius 2 is 2.00 bits per heavy atom. The van der Waals surface area contributed by atoms with Crippen molar-refractivity contribution in [2.24, 2.45) is 0 Å². The van der Waals surface area contributed by atoms with Gasteiger partial charge in [0, 0.05) is 0 Å². The van der Waals surface area contributed by atoms with Crippen LogP contribution in [0.3, 0.4) is 0 Å². The summed E-state index contributed by atoms with van der Waals surface area (Å²) in [5, 5.41) is 3.35. The smallest absolute Gasteiger partial charge is 0.141 e. The van der Waals surface area contributed by atoms with Crippen LogP contribution in [-0.4, -0.2) is 7.11 Å². The van der Waals surface area contributed by atoms with E-state index < -0.39 is 0 Å². The molecule has 1 aromatic carbocycles. The minimum atomic E-state index is 0.117. The van der Waals surface area contributed by atoms with Gasteiger partial charge in [0.1, 0.15) is 11.5 Å². The van der Waals surface area contributed by atoms with Crippen LogP contribution in [0.25, 0.3) is 0 Å². The maximum Gasteiger partial charge on any atom is 0.141 e. The van der Waals surface area contributed by atoms with E-state index >= 15 is 0 Å². The lowest BCUT2D eigenvalue weighted by Crippen LogP contribution is -2.06. The van der Waals surface area contributed by atoms with E-state index in [4.69, 9.17) is 9.15 Å². The molecule has 0 unspecified atom stereocenters. The standard InChI is InChI=1S/C13H15NO2/c1-10(12-8-5-9-16-12)14-11-6-3-4-7-13(11)15-2/h3-10,14H,1-2H3/t10-/m0/s1. The average molecular weight is 217 g/mol. The van der Waals surface area contributed by atoms with Crippen molar-refractivity contribution in [1.29, 1.82) is 0 Å². The number of methoxy groups -OCH3 is 1. The van der Waals surface area contributed by atoms with E-state index in [1.807, 2.05) is 43.3 Å². The van der Waals surface area contributed by atoms with Crippen LogP contribution in [0, 0.1) is 0 Å². The van der Waals surface area contributed by atoms with Gasteiger partial charge < -0.3 is 14.5 Å². The lowest BCUT2D eigenvalue weighted by molar-refractivity contribution is 0.415. The van der Waals surface area contributed by atoms with Gasteiger partial charge in [-0.05, 0) is 31.2 Å². The summed E-state index contributed by atoms with van der Waals surface area (Å²) in [7, 11) is 1.66. The molecule has 3 nitrogen and oxygen atoms in total. The van der Waals surface area contributed by atoms with E-state index in [2.05, 4.69) is 5.32 Å². The molecule has 0 radical (unpaired) electrons. The van der Waals surface area contributed by atoms with Crippen molar-refractivity contribution in [3.63, 3.8) is 0 Å². The summed E-state index contributed by atoms with van der Waals surface area (Å²) in [5.41, 5.74) is 0.967. The van der Waals surface area contributed by atoms with E-state index in [0.717, 1.165) is 17.2 Å². The molecule has 0 saturated heterocycles. The monoisotopic (exact) mass is 217 g/mol. The highest BCUT2D eigenvalue weighted by atomic mass is 16.5. The molecule has 0 spiro atoms. The number of benzene rings is 1. The highest BCUT2D eigenvalue weighted by Gasteiger charge is 2.09. The number of para-hydroxylation sites is 2. The van der Waals surface area contributed by atoms with Gasteiger partial charge in [-0.15, -0.1) is 0 Å². The maximum absolute atomic E-state index is 5.34. The molecule has 84 valence electrons. The van der Waals surface area contributed by atoms with Gasteiger partial charge >= 0.3 is 0 Å². The third-order valence-corrected chi connectivity index (χ3v) is 2.45. The molecule has 1 aromatic heterocycles. The van der Waals surface area contributed by atoms with Crippen molar-refractivity contribution in [3.05, 3.63) is 48.4 Å². The van der Waals surface area contributed by atoms with E-state index in [0.29, 0.717) is 0 Å². The van der Waals surface area contributed by atoms with Crippen LogP contribution in [0.5, 0.6) is 5.75 Å². The summed E-state index contributed by atoms with van der Waals surface area (Å²) in [6.45, 7) is 2.05. The summed E-state index contributed by atoms with van der Waals surface area (Å²) < 4.78 is 10.6. The van der Waals surface area contributed by atoms with Crippen LogP contribution in [0.4, 0.5) is 5.69 Å². The first kappa shape index (κ1) is 10.6. The van der Waals surface area contributed by atoms with Crippen molar-refractivity contribution >= 4 is 5.69 Å². The molecule has 0 aliphatic heterocycles. The number of furan rings is 1. The molecule has 0 saturated carbocycles. The highest BCUT2D eigenvalue weighted by Crippen LogP contribution is 2.27. The first-order chi connectivity index (χ1) is 7.81. The second kappa shape index (κ2) is 4.75. The van der Waals surface area contributed by atoms with Gasteiger partial charge in [-0.1, -0.05) is 12.1 Å². The first-order valence-corrected chi connectivity index (χ1v) is 5.24. The van der Waals surface area contributed by atoms with E-state index in [-0.39, 0.29) is 6.04 Å². The van der Waals surface area contributed by atoms with Crippen LogP contribution in [0.1, 0.15) is 18.7 Å². The van der Waals surface area contributed by atoms with Crippen molar-refractivity contribution in [1.82, 2.24) is 0 Å². The van der Waals surface area contributed by atoms with Crippen LogP contribution in [0.2, 0.25) is 0 Å². The fourth-order valence-corrected chi connectivity index (χ4v) is 1.61. The summed E-state index contributed by atoms with van der Waals surface area (Å²) in [4.78, 5) is 0. The van der Waals surface area contributed by atoms with E-state index in [1.165, 1.54) is 0 Å². The Kier molecular flexibility index (Phi) is 3.15. The number of rotatable bonds is 4. The van der Waals surface area contributed by atoms with Gasteiger partial charge in [0.2, 0.25) is 0 Å². The first-order valence-electron chi connectivity index (χ1n) is 5.24. The molecule has 1 N–H and O–H groups in total. The van der Waals surface area contributed by atoms with Crippen molar-refractivity contribution in [2.45, 2.75) is 13.0 Å². The SMILES string of the molecule is COc1ccccc1N[C@@H](C)c1ccco1. The Morgan fingerprint density at radius 3 is 2.69 bits per heavy atom. The Morgan fingerprint density at radius 1 is 1.19 bits per heavy atom. The second-order valence-electron chi connectivity index (χ2n) is 3.58. The van der Waals surface area contributed by atoms with E-state index in [1.54, 1.807) is 13.4 Å². The molecule has 0 amide bonds. The van der Waals surface area contributed by atoms with Crippen LogP contribution < -0.4 is 10.1 Å². The molecule has 0 aliphatic carbocycles. The molecule has 1 heterocycles. The van der Waals surface area contributed by atoms with Crippen molar-refractivity contribution in [2.75, 3.05) is 12.4 Å². The van der Waals surface area contributed by atoms with E-state index in [9.17, 15) is 0 Å². The molecular weight excluding hydrogens is 202 g/mol. The molecule has 2 rings (SSSR count). The normalized spacial score (nSPS) is 12.1. The Hall–Kier alpha value is -1.90. The van der Waals surface area contributed by atoms with Crippen molar-refractivity contribution < 1.29 is 9.15 Å². The van der Waals surface area contributed by atoms with Gasteiger partial charge in [-0.25, -0.2) is 0 Å². The lowest BCUT2D eigenvalue weighted by Gasteiger charge is -2.15. The third kappa shape index (κ3) is 2.19. The Balaban J connectivity index is 2.14. The van der Waals surface area contributed by atoms with Crippen molar-refractivity contribution in [3.8, 4) is 5.75 Å². The summed E-state index contributed by atoms with van der Waals surface area (Å²) in [6.07, 6.45) is 1.68. The molecule has 0 bridgehead atoms. The highest BCUT2D eigenvalue weighted by molar-refractivity contribution is 5.56. The van der Waals surface area contributed by atoms with Gasteiger partial charge in [-0.2, -0.15) is 0 Å². The largest absolute Gasteiger partial charge is 0.495 e. The minimum absolute atomic E-state index is 0.117. The Labute approximate surface area is 95.0 Å². The average Bonchev–Trinajstić information content (AvgIpc) is 2.83. The number of hydrogen-bond acceptors (Lipinski definition) is 3. The van der Waals surface area contributed by atoms with Gasteiger partial charge in [0.15, 0.2) is 0 Å². The number of hydrogen-bond donors (Lipinski definition) is 1. The molecule has 2 aromatic rings. The predicted molar refractivity (Wildman–Crippen MR) is 63.7 cm³/mol. The molecule has 0 aliphatic rings. The Bertz CT molecular complexity index is 437. The van der Waals surface area contributed by atoms with Gasteiger partial charge in [0.25, 0.3) is 0 Å². The molecule has 16 heavy (non-hydrogen) atoms. The van der Waals surface area contributed by atoms with Crippen LogP contribution in [0.15, 0.2) is 47.1 Å². The zero-order chi connectivity index (χ0) is 11.4. The number of anilines is 1. The predicted octanol–water partition coefficient (Wildman–Crippen LogP) is 3.46. The topological polar surface area (TPSA) is 34.4 Å². The summed E-state index contributed by atoms with van der Waals surface area (Å²) in [5.74, 6) is 1.74. The number of nitrogens with one attached hydrogen (secondary N) is 1. The second-order valence-corrected chi connectivity index (χ2v) is 3.58.